The minimum atomic E-state index is -3.56. The van der Waals surface area contributed by atoms with Crippen LogP contribution in [0.5, 0.6) is 5.75 Å². The predicted octanol–water partition coefficient (Wildman–Crippen LogP) is 2.15. The van der Waals surface area contributed by atoms with Crippen molar-refractivity contribution in [3.05, 3.63) is 23.2 Å². The van der Waals surface area contributed by atoms with E-state index < -0.39 is 10.0 Å². The molecule has 0 radical (unpaired) electrons. The molecule has 0 saturated carbocycles. The maximum Gasteiger partial charge on any atom is 0.243 e. The van der Waals surface area contributed by atoms with Crippen LogP contribution >= 0.6 is 11.6 Å². The zero-order chi connectivity index (χ0) is 14.9. The lowest BCUT2D eigenvalue weighted by atomic mass is 10.3. The van der Waals surface area contributed by atoms with Crippen molar-refractivity contribution in [2.75, 3.05) is 20.2 Å². The van der Waals surface area contributed by atoms with Crippen LogP contribution in [0.4, 0.5) is 0 Å². The Morgan fingerprint density at radius 1 is 1.30 bits per heavy atom. The second-order valence-electron chi connectivity index (χ2n) is 4.88. The van der Waals surface area contributed by atoms with Crippen molar-refractivity contribution in [2.24, 2.45) is 0 Å². The van der Waals surface area contributed by atoms with E-state index in [2.05, 4.69) is 0 Å². The van der Waals surface area contributed by atoms with E-state index in [1.165, 1.54) is 29.6 Å². The first-order valence-corrected chi connectivity index (χ1v) is 8.15. The van der Waals surface area contributed by atoms with Crippen LogP contribution in [-0.2, 0) is 14.8 Å². The van der Waals surface area contributed by atoms with E-state index in [-0.39, 0.29) is 17.1 Å². The van der Waals surface area contributed by atoms with Crippen molar-refractivity contribution in [2.45, 2.75) is 31.0 Å². The largest absolute Gasteiger partial charge is 0.495 e. The molecule has 7 heteroatoms. The normalized spacial score (nSPS) is 24.6. The molecule has 20 heavy (non-hydrogen) atoms. The summed E-state index contributed by atoms with van der Waals surface area (Å²) in [6.45, 7) is 4.41. The molecule has 1 aromatic rings. The van der Waals surface area contributed by atoms with Gasteiger partial charge >= 0.3 is 0 Å². The first-order valence-electron chi connectivity index (χ1n) is 6.33. The van der Waals surface area contributed by atoms with Crippen molar-refractivity contribution in [1.29, 1.82) is 0 Å². The first-order chi connectivity index (χ1) is 9.34. The fourth-order valence-corrected chi connectivity index (χ4v) is 4.08. The van der Waals surface area contributed by atoms with Crippen molar-refractivity contribution in [3.8, 4) is 5.75 Å². The lowest BCUT2D eigenvalue weighted by Crippen LogP contribution is -2.48. The molecule has 5 nitrogen and oxygen atoms in total. The fourth-order valence-electron chi connectivity index (χ4n) is 2.28. The molecule has 0 N–H and O–H groups in total. The summed E-state index contributed by atoms with van der Waals surface area (Å²) in [5, 5.41) is 0.384. The summed E-state index contributed by atoms with van der Waals surface area (Å²) >= 11 is 5.93. The Kier molecular flexibility index (Phi) is 4.59. The second-order valence-corrected chi connectivity index (χ2v) is 7.22. The smallest absolute Gasteiger partial charge is 0.243 e. The molecule has 1 aromatic carbocycles. The lowest BCUT2D eigenvalue weighted by molar-refractivity contribution is -0.0440. The van der Waals surface area contributed by atoms with Gasteiger partial charge < -0.3 is 9.47 Å². The number of hydrogen-bond acceptors (Lipinski definition) is 4. The summed E-state index contributed by atoms with van der Waals surface area (Å²) in [5.41, 5.74) is 0. The molecule has 112 valence electrons. The molecule has 2 rings (SSSR count). The molecule has 1 aliphatic heterocycles. The highest BCUT2D eigenvalue weighted by atomic mass is 35.5. The van der Waals surface area contributed by atoms with Gasteiger partial charge in [-0.3, -0.25) is 0 Å². The number of benzene rings is 1. The minimum Gasteiger partial charge on any atom is -0.495 e. The van der Waals surface area contributed by atoms with Gasteiger partial charge in [0, 0.05) is 19.2 Å². The molecule has 0 spiro atoms. The van der Waals surface area contributed by atoms with Gasteiger partial charge in [0.15, 0.2) is 0 Å². The zero-order valence-corrected chi connectivity index (χ0v) is 13.2. The number of hydrogen-bond donors (Lipinski definition) is 0. The third-order valence-corrected chi connectivity index (χ3v) is 5.29. The summed E-state index contributed by atoms with van der Waals surface area (Å²) in [6.07, 6.45) is -0.245. The van der Waals surface area contributed by atoms with Crippen molar-refractivity contribution in [1.82, 2.24) is 4.31 Å². The van der Waals surface area contributed by atoms with Gasteiger partial charge in [0.1, 0.15) is 5.75 Å². The van der Waals surface area contributed by atoms with E-state index in [1.807, 2.05) is 13.8 Å². The van der Waals surface area contributed by atoms with Gasteiger partial charge in [-0.1, -0.05) is 11.6 Å². The number of halogens is 1. The molecule has 0 aliphatic carbocycles. The number of morpholine rings is 1. The second kappa shape index (κ2) is 5.89. The summed E-state index contributed by atoms with van der Waals surface area (Å²) in [6, 6.07) is 4.47. The Morgan fingerprint density at radius 3 is 2.45 bits per heavy atom. The topological polar surface area (TPSA) is 55.8 Å². The molecule has 0 amide bonds. The maximum absolute atomic E-state index is 12.6. The quantitative estimate of drug-likeness (QED) is 0.856. The number of sulfonamides is 1. The maximum atomic E-state index is 12.6. The van der Waals surface area contributed by atoms with E-state index in [0.29, 0.717) is 23.9 Å². The average Bonchev–Trinajstić information content (AvgIpc) is 2.37. The summed E-state index contributed by atoms with van der Waals surface area (Å²) in [4.78, 5) is 0.181. The highest BCUT2D eigenvalue weighted by molar-refractivity contribution is 7.89. The van der Waals surface area contributed by atoms with Gasteiger partial charge in [-0.2, -0.15) is 4.31 Å². The molecule has 1 fully saturated rings. The number of rotatable bonds is 3. The molecular formula is C13H18ClNO4S. The van der Waals surface area contributed by atoms with Crippen LogP contribution in [0.1, 0.15) is 13.8 Å². The molecule has 0 aromatic heterocycles. The fraction of sp³-hybridized carbons (Fsp3) is 0.538. The van der Waals surface area contributed by atoms with Crippen LogP contribution in [0.3, 0.4) is 0 Å². The first kappa shape index (κ1) is 15.6. The molecule has 1 saturated heterocycles. The standard InChI is InChI=1S/C13H18ClNO4S/c1-9-7-15(8-10(2)19-9)20(16,17)11-4-5-12(14)13(6-11)18-3/h4-6,9-10H,7-8H2,1-3H3/t9-,10-/m0/s1. The van der Waals surface area contributed by atoms with E-state index in [1.54, 1.807) is 0 Å². The average molecular weight is 320 g/mol. The van der Waals surface area contributed by atoms with Crippen LogP contribution in [0.25, 0.3) is 0 Å². The minimum absolute atomic E-state index is 0.122. The SMILES string of the molecule is COc1cc(S(=O)(=O)N2C[C@H](C)O[C@@H](C)C2)ccc1Cl. The van der Waals surface area contributed by atoms with Crippen LogP contribution in [0, 0.1) is 0 Å². The van der Waals surface area contributed by atoms with Gasteiger partial charge in [0.05, 0.1) is 29.2 Å². The van der Waals surface area contributed by atoms with Crippen molar-refractivity contribution < 1.29 is 17.9 Å². The van der Waals surface area contributed by atoms with Crippen LogP contribution in [0.2, 0.25) is 5.02 Å². The summed E-state index contributed by atoms with van der Waals surface area (Å²) in [7, 11) is -2.11. The Labute approximate surface area is 124 Å². The summed E-state index contributed by atoms with van der Waals surface area (Å²) in [5.74, 6) is 0.349. The number of methoxy groups -OCH3 is 1. The van der Waals surface area contributed by atoms with Gasteiger partial charge in [0.25, 0.3) is 0 Å². The third-order valence-electron chi connectivity index (χ3n) is 3.15. The molecule has 0 unspecified atom stereocenters. The Hall–Kier alpha value is -0.820. The van der Waals surface area contributed by atoms with E-state index >= 15 is 0 Å². The van der Waals surface area contributed by atoms with Crippen LogP contribution < -0.4 is 4.74 Å². The highest BCUT2D eigenvalue weighted by Crippen LogP contribution is 2.29. The summed E-state index contributed by atoms with van der Waals surface area (Å²) < 4.78 is 37.3. The molecule has 2 atom stereocenters. The molecule has 0 bridgehead atoms. The molecule has 1 heterocycles. The lowest BCUT2D eigenvalue weighted by Gasteiger charge is -2.34. The number of ether oxygens (including phenoxy) is 2. The van der Waals surface area contributed by atoms with E-state index in [0.717, 1.165) is 0 Å². The van der Waals surface area contributed by atoms with Crippen molar-refractivity contribution >= 4 is 21.6 Å². The van der Waals surface area contributed by atoms with Gasteiger partial charge in [-0.05, 0) is 26.0 Å². The predicted molar refractivity (Wildman–Crippen MR) is 76.8 cm³/mol. The van der Waals surface area contributed by atoms with Gasteiger partial charge in [-0.25, -0.2) is 8.42 Å². The highest BCUT2D eigenvalue weighted by Gasteiger charge is 2.32. The molecule has 1 aliphatic rings. The Morgan fingerprint density at radius 2 is 1.90 bits per heavy atom. The van der Waals surface area contributed by atoms with E-state index in [9.17, 15) is 8.42 Å². The van der Waals surface area contributed by atoms with Crippen molar-refractivity contribution in [3.63, 3.8) is 0 Å². The van der Waals surface area contributed by atoms with Crippen LogP contribution in [-0.4, -0.2) is 45.1 Å². The monoisotopic (exact) mass is 319 g/mol. The molecular weight excluding hydrogens is 302 g/mol. The Balaban J connectivity index is 2.34. The number of nitrogens with zero attached hydrogens (tertiary/aromatic N) is 1. The van der Waals surface area contributed by atoms with Gasteiger partial charge in [0.2, 0.25) is 10.0 Å². The third kappa shape index (κ3) is 3.09. The van der Waals surface area contributed by atoms with Gasteiger partial charge in [-0.15, -0.1) is 0 Å². The zero-order valence-electron chi connectivity index (χ0n) is 11.7. The van der Waals surface area contributed by atoms with Crippen LogP contribution in [0.15, 0.2) is 23.1 Å². The Bertz CT molecular complexity index is 580. The van der Waals surface area contributed by atoms with E-state index in [4.69, 9.17) is 21.1 Å².